The van der Waals surface area contributed by atoms with Gasteiger partial charge in [0.2, 0.25) is 0 Å². The normalized spacial score (nSPS) is 10.9. The summed E-state index contributed by atoms with van der Waals surface area (Å²) in [5.41, 5.74) is 9.18. The molecule has 0 bridgehead atoms. The van der Waals surface area contributed by atoms with E-state index >= 15 is 0 Å². The van der Waals surface area contributed by atoms with Crippen molar-refractivity contribution in [3.8, 4) is 69.6 Å². The van der Waals surface area contributed by atoms with Crippen molar-refractivity contribution < 1.29 is 28.4 Å². The molecule has 0 saturated carbocycles. The fourth-order valence-corrected chi connectivity index (χ4v) is 12.2. The van der Waals surface area contributed by atoms with Crippen molar-refractivity contribution in [3.05, 3.63) is 70.3 Å². The van der Waals surface area contributed by atoms with Crippen LogP contribution in [0, 0.1) is 35.1 Å². The Morgan fingerprint density at radius 2 is 0.672 bits per heavy atom. The molecular formula is C51H70O6Si. The van der Waals surface area contributed by atoms with E-state index < -0.39 is 8.07 Å². The first-order valence-electron chi connectivity index (χ1n) is 21.8. The molecule has 314 valence electrons. The van der Waals surface area contributed by atoms with Gasteiger partial charge in [0, 0.05) is 24.3 Å². The van der Waals surface area contributed by atoms with E-state index in [9.17, 15) is 0 Å². The molecule has 0 aromatic heterocycles. The van der Waals surface area contributed by atoms with Crippen LogP contribution in [0.25, 0.3) is 0 Å². The zero-order valence-electron chi connectivity index (χ0n) is 37.7. The van der Waals surface area contributed by atoms with E-state index in [0.717, 1.165) is 72.5 Å². The lowest BCUT2D eigenvalue weighted by atomic mass is 10.1. The summed E-state index contributed by atoms with van der Waals surface area (Å²) in [6.45, 7) is 30.0. The van der Waals surface area contributed by atoms with Crippen molar-refractivity contribution in [1.29, 1.82) is 0 Å². The van der Waals surface area contributed by atoms with Gasteiger partial charge in [-0.05, 0) is 73.3 Å². The van der Waals surface area contributed by atoms with E-state index in [4.69, 9.17) is 28.4 Å². The largest absolute Gasteiger partial charge is 0.494 e. The smallest absolute Gasteiger partial charge is 0.146 e. The second-order valence-corrected chi connectivity index (χ2v) is 21.2. The lowest BCUT2D eigenvalue weighted by molar-refractivity contribution is 0.307. The van der Waals surface area contributed by atoms with Crippen molar-refractivity contribution in [1.82, 2.24) is 0 Å². The summed E-state index contributed by atoms with van der Waals surface area (Å²) in [7, 11) is -1.99. The highest BCUT2D eigenvalue weighted by Gasteiger charge is 2.41. The van der Waals surface area contributed by atoms with Gasteiger partial charge in [-0.3, -0.25) is 0 Å². The molecule has 0 spiro atoms. The zero-order chi connectivity index (χ0) is 42.5. The van der Waals surface area contributed by atoms with Crippen LogP contribution in [0.2, 0.25) is 16.6 Å². The fourth-order valence-electron chi connectivity index (χ4n) is 6.97. The van der Waals surface area contributed by atoms with Gasteiger partial charge in [0.1, 0.15) is 42.6 Å². The van der Waals surface area contributed by atoms with Crippen LogP contribution in [0.4, 0.5) is 0 Å². The molecule has 3 aromatic carbocycles. The fraction of sp³-hybridized carbons (Fsp3) is 0.529. The summed E-state index contributed by atoms with van der Waals surface area (Å²) in [5, 5.41) is 0. The Kier molecular flexibility index (Phi) is 20.6. The quantitative estimate of drug-likeness (QED) is 0.0789. The summed E-state index contributed by atoms with van der Waals surface area (Å²) in [6.07, 6.45) is 5.24. The highest BCUT2D eigenvalue weighted by molar-refractivity contribution is 6.90. The van der Waals surface area contributed by atoms with Gasteiger partial charge in [-0.2, -0.15) is 0 Å². The van der Waals surface area contributed by atoms with Gasteiger partial charge < -0.3 is 28.4 Å². The molecule has 58 heavy (non-hydrogen) atoms. The molecule has 0 aliphatic heterocycles. The molecule has 0 aliphatic carbocycles. The molecule has 0 N–H and O–H groups in total. The van der Waals surface area contributed by atoms with Gasteiger partial charge in [-0.1, -0.05) is 113 Å². The van der Waals surface area contributed by atoms with Crippen molar-refractivity contribution >= 4 is 8.07 Å². The standard InChI is InChI=1S/C51H70O6Si/c1-13-26-52-46-23-24-47(53-27-14-2)41(33-46)19-20-42-34-49(55-29-16-4)43(35-48(42)54-28-15-3)21-22-44-36-51(57-31-18-6)45(37-50(44)56-30-17-5)25-32-58(38(7)8,39(9)10)40(11)12/h23-24,33-40H,13-18,26-31H2,1-12H3. The highest BCUT2D eigenvalue weighted by Crippen LogP contribution is 2.41. The maximum absolute atomic E-state index is 6.37. The predicted octanol–water partition coefficient (Wildman–Crippen LogP) is 12.8. The van der Waals surface area contributed by atoms with Gasteiger partial charge in [0.15, 0.2) is 0 Å². The van der Waals surface area contributed by atoms with Crippen LogP contribution < -0.4 is 28.4 Å². The summed E-state index contributed by atoms with van der Waals surface area (Å²) in [4.78, 5) is 0. The maximum atomic E-state index is 6.37. The molecule has 3 rings (SSSR count). The predicted molar refractivity (Wildman–Crippen MR) is 244 cm³/mol. The Bertz CT molecular complexity index is 1910. The number of rotatable bonds is 21. The minimum absolute atomic E-state index is 0.516. The Morgan fingerprint density at radius 1 is 0.379 bits per heavy atom. The Balaban J connectivity index is 2.26. The average Bonchev–Trinajstić information content (AvgIpc) is 3.21. The minimum Gasteiger partial charge on any atom is -0.494 e. The minimum atomic E-state index is -1.99. The second-order valence-electron chi connectivity index (χ2n) is 15.6. The molecule has 0 aliphatic rings. The third kappa shape index (κ3) is 13.5. The number of hydrogen-bond donors (Lipinski definition) is 0. The van der Waals surface area contributed by atoms with E-state index in [2.05, 4.69) is 118 Å². The third-order valence-corrected chi connectivity index (χ3v) is 16.1. The summed E-state index contributed by atoms with van der Waals surface area (Å²) in [5.74, 6) is 21.4. The summed E-state index contributed by atoms with van der Waals surface area (Å²) in [6, 6.07) is 13.7. The van der Waals surface area contributed by atoms with E-state index in [1.807, 2.05) is 42.5 Å². The first-order valence-corrected chi connectivity index (χ1v) is 24.1. The molecule has 6 nitrogen and oxygen atoms in total. The molecule has 0 radical (unpaired) electrons. The van der Waals surface area contributed by atoms with Crippen LogP contribution in [0.5, 0.6) is 34.5 Å². The van der Waals surface area contributed by atoms with E-state index in [1.165, 1.54) is 0 Å². The van der Waals surface area contributed by atoms with Gasteiger partial charge in [-0.15, -0.1) is 5.54 Å². The van der Waals surface area contributed by atoms with E-state index in [-0.39, 0.29) is 0 Å². The van der Waals surface area contributed by atoms with E-state index in [1.54, 1.807) is 0 Å². The van der Waals surface area contributed by atoms with Crippen molar-refractivity contribution in [2.45, 2.75) is 138 Å². The molecular weight excluding hydrogens is 737 g/mol. The van der Waals surface area contributed by atoms with Crippen molar-refractivity contribution in [2.24, 2.45) is 0 Å². The molecule has 0 saturated heterocycles. The zero-order valence-corrected chi connectivity index (χ0v) is 38.7. The molecule has 0 atom stereocenters. The van der Waals surface area contributed by atoms with E-state index in [0.29, 0.717) is 84.6 Å². The van der Waals surface area contributed by atoms with Gasteiger partial charge >= 0.3 is 0 Å². The molecule has 0 fully saturated rings. The van der Waals surface area contributed by atoms with Gasteiger partial charge in [0.05, 0.1) is 67.5 Å². The Labute approximate surface area is 353 Å². The second kappa shape index (κ2) is 25.0. The van der Waals surface area contributed by atoms with Crippen LogP contribution in [-0.4, -0.2) is 47.7 Å². The monoisotopic (exact) mass is 806 g/mol. The maximum Gasteiger partial charge on any atom is 0.146 e. The summed E-state index contributed by atoms with van der Waals surface area (Å²) < 4.78 is 37.4. The first kappa shape index (κ1) is 47.7. The van der Waals surface area contributed by atoms with Gasteiger partial charge in [0.25, 0.3) is 0 Å². The van der Waals surface area contributed by atoms with Crippen LogP contribution in [0.3, 0.4) is 0 Å². The number of benzene rings is 3. The first-order chi connectivity index (χ1) is 28.0. The molecule has 3 aromatic rings. The highest BCUT2D eigenvalue weighted by atomic mass is 28.3. The van der Waals surface area contributed by atoms with Gasteiger partial charge in [-0.25, -0.2) is 0 Å². The van der Waals surface area contributed by atoms with Crippen LogP contribution in [0.1, 0.15) is 149 Å². The SMILES string of the molecule is CCCOc1ccc(OCCC)c(C#Cc2cc(OCCC)c(C#Cc3cc(OCCC)c(C#C[Si](C(C)C)(C(C)C)C(C)C)cc3OCCC)cc2OCCC)c1. The number of ether oxygens (including phenoxy) is 6. The third-order valence-electron chi connectivity index (χ3n) is 9.84. The molecule has 0 amide bonds. The van der Waals surface area contributed by atoms with Crippen molar-refractivity contribution in [2.75, 3.05) is 39.6 Å². The Morgan fingerprint density at radius 3 is 1.00 bits per heavy atom. The van der Waals surface area contributed by atoms with Crippen LogP contribution in [0.15, 0.2) is 42.5 Å². The number of hydrogen-bond acceptors (Lipinski definition) is 6. The lowest BCUT2D eigenvalue weighted by Crippen LogP contribution is -2.43. The van der Waals surface area contributed by atoms with Crippen molar-refractivity contribution in [3.63, 3.8) is 0 Å². The Hall–Kier alpha value is -4.64. The molecule has 7 heteroatoms. The topological polar surface area (TPSA) is 55.4 Å². The summed E-state index contributed by atoms with van der Waals surface area (Å²) >= 11 is 0. The van der Waals surface area contributed by atoms with Crippen LogP contribution in [-0.2, 0) is 0 Å². The van der Waals surface area contributed by atoms with Crippen LogP contribution >= 0.6 is 0 Å². The lowest BCUT2D eigenvalue weighted by Gasteiger charge is -2.38. The molecule has 0 unspecified atom stereocenters. The molecule has 0 heterocycles. The average molecular weight is 807 g/mol.